The Hall–Kier alpha value is -1.96. The third-order valence-corrected chi connectivity index (χ3v) is 3.93. The molecule has 0 bridgehead atoms. The van der Waals surface area contributed by atoms with Gasteiger partial charge < -0.3 is 57.3 Å². The van der Waals surface area contributed by atoms with Gasteiger partial charge in [-0.3, -0.25) is 0 Å². The molecule has 0 radical (unpaired) electrons. The Morgan fingerprint density at radius 1 is 1.13 bits per heavy atom. The second-order valence-electron chi connectivity index (χ2n) is 6.02. The number of hydrogen-bond acceptors (Lipinski definition) is 9. The van der Waals surface area contributed by atoms with E-state index in [1.807, 2.05) is 0 Å². The number of aromatic nitrogens is 2. The smallest absolute Gasteiger partial charge is 2.00 e. The van der Waals surface area contributed by atoms with Crippen LogP contribution in [-0.4, -0.2) is 52.4 Å². The second kappa shape index (κ2) is 17.9. The summed E-state index contributed by atoms with van der Waals surface area (Å²) in [6, 6.07) is 0. The van der Waals surface area contributed by atoms with Gasteiger partial charge in [0.1, 0.15) is 6.20 Å². The van der Waals surface area contributed by atoms with E-state index in [4.69, 9.17) is 11.5 Å². The Kier molecular flexibility index (Phi) is 19.5. The SMILES string of the molecule is Cc1nc([N+](=O)[O-])cn1CCCCCC(C([O-])=NCCN)C([O-])=NCCN.[O-2].[O-2].[Tc+5]. The first kappa shape index (κ1) is 32.7. The van der Waals surface area contributed by atoms with Crippen molar-refractivity contribution in [2.45, 2.75) is 39.2 Å². The van der Waals surface area contributed by atoms with Crippen LogP contribution in [0.2, 0.25) is 0 Å². The third kappa shape index (κ3) is 11.3. The Bertz CT molecular complexity index is 647. The minimum Gasteiger partial charge on any atom is -2.00 e. The van der Waals surface area contributed by atoms with Gasteiger partial charge in [-0.15, -0.1) is 0 Å². The molecule has 1 aromatic rings. The van der Waals surface area contributed by atoms with Crippen molar-refractivity contribution in [1.82, 2.24) is 9.55 Å². The van der Waals surface area contributed by atoms with Crippen LogP contribution in [0.25, 0.3) is 0 Å². The van der Waals surface area contributed by atoms with Crippen LogP contribution < -0.4 is 21.7 Å². The normalized spacial score (nSPS) is 12.4. The van der Waals surface area contributed by atoms with Gasteiger partial charge >= 0.3 is 25.9 Å². The summed E-state index contributed by atoms with van der Waals surface area (Å²) >= 11 is 0. The summed E-state index contributed by atoms with van der Waals surface area (Å²) in [7, 11) is 0. The summed E-state index contributed by atoms with van der Waals surface area (Å²) in [6.07, 6.45) is 3.87. The number of rotatable bonds is 13. The molecule has 30 heavy (non-hydrogen) atoms. The molecule has 1 heterocycles. The van der Waals surface area contributed by atoms with Crippen LogP contribution in [0.4, 0.5) is 5.82 Å². The zero-order valence-corrected chi connectivity index (χ0v) is 18.6. The van der Waals surface area contributed by atoms with Gasteiger partial charge in [0.2, 0.25) is 5.82 Å². The van der Waals surface area contributed by atoms with Gasteiger partial charge in [0.15, 0.2) is 0 Å². The maximum absolute atomic E-state index is 12.1. The van der Waals surface area contributed by atoms with Gasteiger partial charge in [0.25, 0.3) is 0 Å². The van der Waals surface area contributed by atoms with Gasteiger partial charge in [0, 0.05) is 32.5 Å². The average Bonchev–Trinajstić information content (AvgIpc) is 3.01. The molecule has 170 valence electrons. The zero-order valence-electron chi connectivity index (χ0n) is 16.7. The molecule has 0 aliphatic carbocycles. The molecule has 0 spiro atoms. The van der Waals surface area contributed by atoms with Crippen LogP contribution in [-0.2, 0) is 37.6 Å². The summed E-state index contributed by atoms with van der Waals surface area (Å²) in [5, 5.41) is 34.9. The molecule has 0 saturated heterocycles. The van der Waals surface area contributed by atoms with E-state index in [9.17, 15) is 20.3 Å². The van der Waals surface area contributed by atoms with Crippen molar-refractivity contribution in [3.8, 4) is 0 Å². The zero-order chi connectivity index (χ0) is 20.2. The van der Waals surface area contributed by atoms with E-state index < -0.39 is 22.6 Å². The van der Waals surface area contributed by atoms with Gasteiger partial charge in [-0.25, -0.2) is 0 Å². The second-order valence-corrected chi connectivity index (χ2v) is 6.02. The van der Waals surface area contributed by atoms with Crippen molar-refractivity contribution < 1.29 is 46.2 Å². The predicted molar refractivity (Wildman–Crippen MR) is 99.7 cm³/mol. The maximum Gasteiger partial charge on any atom is 5.00 e. The molecule has 0 atom stereocenters. The van der Waals surface area contributed by atoms with E-state index in [1.165, 1.54) is 6.20 Å². The van der Waals surface area contributed by atoms with E-state index in [-0.39, 0.29) is 63.1 Å². The molecular weight excluding hydrogens is 484 g/mol. The number of imidazole rings is 1. The van der Waals surface area contributed by atoms with Crippen molar-refractivity contribution in [2.75, 3.05) is 26.2 Å². The van der Waals surface area contributed by atoms with Crippen LogP contribution in [0, 0.1) is 23.0 Å². The van der Waals surface area contributed by atoms with E-state index in [0.29, 0.717) is 25.2 Å². The Labute approximate surface area is 188 Å². The summed E-state index contributed by atoms with van der Waals surface area (Å²) in [6.45, 7) is 3.12. The van der Waals surface area contributed by atoms with Crippen LogP contribution in [0.3, 0.4) is 0 Å². The fraction of sp³-hybridized carbons (Fsp3) is 0.688. The molecule has 0 aromatic carbocycles. The van der Waals surface area contributed by atoms with Gasteiger partial charge in [-0.1, -0.05) is 12.8 Å². The number of hydrogen-bond donors (Lipinski definition) is 2. The fourth-order valence-electron chi connectivity index (χ4n) is 2.54. The van der Waals surface area contributed by atoms with Crippen LogP contribution in [0.5, 0.6) is 0 Å². The summed E-state index contributed by atoms with van der Waals surface area (Å²) < 4.78 is 1.72. The molecule has 14 heteroatoms. The standard InChI is InChI=1S/C16H29N7O4.2O.Tc/c1-12-21-14(23(26)27)11-22(12)10-4-2-3-5-13(15(24)19-8-6-17)16(25)20-9-7-18;;;/h11,13H,2-10,17-18H2,1H3,(H,19,24)(H,20,25);;;/q;2*-2;+5/p-2. The molecule has 4 N–H and O–H groups in total. The van der Waals surface area contributed by atoms with Crippen molar-refractivity contribution in [3.05, 3.63) is 22.1 Å². The monoisotopic (exact) mass is 510 g/mol. The first-order valence-electron chi connectivity index (χ1n) is 8.91. The summed E-state index contributed by atoms with van der Waals surface area (Å²) in [5.74, 6) is -1.48. The molecule has 13 nitrogen and oxygen atoms in total. The number of nitrogens with zero attached hydrogens (tertiary/aromatic N) is 5. The van der Waals surface area contributed by atoms with Crippen LogP contribution in [0.15, 0.2) is 16.2 Å². The maximum atomic E-state index is 12.1. The third-order valence-electron chi connectivity index (χ3n) is 3.93. The van der Waals surface area contributed by atoms with E-state index in [1.54, 1.807) is 11.5 Å². The van der Waals surface area contributed by atoms with E-state index in [0.717, 1.165) is 12.8 Å². The Morgan fingerprint density at radius 2 is 1.67 bits per heavy atom. The number of nitro groups is 1. The van der Waals surface area contributed by atoms with Crippen molar-refractivity contribution >= 4 is 17.6 Å². The minimum atomic E-state index is -0.890. The number of nitrogens with two attached hydrogens (primary N) is 2. The topological polar surface area (TPSA) is 241 Å². The summed E-state index contributed by atoms with van der Waals surface area (Å²) in [5.41, 5.74) is 10.7. The van der Waals surface area contributed by atoms with E-state index >= 15 is 0 Å². The summed E-state index contributed by atoms with van der Waals surface area (Å²) in [4.78, 5) is 21.7. The largest absolute Gasteiger partial charge is 5.00 e. The molecule has 0 amide bonds. The Balaban J connectivity index is -0.00000243. The van der Waals surface area contributed by atoms with Gasteiger partial charge in [-0.05, 0) is 34.5 Å². The quantitative estimate of drug-likeness (QED) is 0.104. The number of unbranched alkanes of at least 4 members (excludes halogenated alkanes) is 2. The molecule has 0 aliphatic rings. The first-order valence-corrected chi connectivity index (χ1v) is 8.91. The fourth-order valence-corrected chi connectivity index (χ4v) is 2.54. The minimum absolute atomic E-state index is 0. The molecule has 0 unspecified atom stereocenters. The van der Waals surface area contributed by atoms with Gasteiger partial charge in [-0.2, -0.15) is 0 Å². The molecule has 0 fully saturated rings. The van der Waals surface area contributed by atoms with Crippen LogP contribution >= 0.6 is 0 Å². The molecular formula is C16H27N7O6Tc-. The van der Waals surface area contributed by atoms with Crippen molar-refractivity contribution in [1.29, 1.82) is 0 Å². The Morgan fingerprint density at radius 3 is 2.10 bits per heavy atom. The van der Waals surface area contributed by atoms with E-state index in [2.05, 4.69) is 15.0 Å². The number of aryl methyl sites for hydroxylation is 2. The molecule has 0 aliphatic heterocycles. The average molecular weight is 511 g/mol. The molecule has 1 aromatic heterocycles. The first-order chi connectivity index (χ1) is 12.9. The van der Waals surface area contributed by atoms with Crippen molar-refractivity contribution in [3.63, 3.8) is 0 Å². The number of aliphatic imine (C=N–C) groups is 2. The van der Waals surface area contributed by atoms with Gasteiger partial charge in [0.05, 0.1) is 13.1 Å². The molecule has 0 saturated carbocycles. The van der Waals surface area contributed by atoms with Crippen LogP contribution in [0.1, 0.15) is 31.5 Å². The van der Waals surface area contributed by atoms with Crippen molar-refractivity contribution in [2.24, 2.45) is 27.4 Å². The predicted octanol–water partition coefficient (Wildman–Crippen LogP) is -1.53. The molecule has 1 rings (SSSR count).